The highest BCUT2D eigenvalue weighted by atomic mass is 35.5. The van der Waals surface area contributed by atoms with E-state index in [2.05, 4.69) is 10.6 Å². The number of benzene rings is 1. The minimum atomic E-state index is -0.957. The van der Waals surface area contributed by atoms with E-state index in [0.29, 0.717) is 12.8 Å². The quantitative estimate of drug-likeness (QED) is 0.466. The fraction of sp³-hybridized carbons (Fsp3) is 0.429. The molecule has 0 spiro atoms. The smallest absolute Gasteiger partial charge is 0.320 e. The van der Waals surface area contributed by atoms with Crippen LogP contribution in [0.5, 0.6) is 0 Å². The lowest BCUT2D eigenvalue weighted by Crippen LogP contribution is -2.38. The van der Waals surface area contributed by atoms with Crippen molar-refractivity contribution in [2.45, 2.75) is 32.2 Å². The normalized spacial score (nSPS) is 11.2. The number of nitro groups is 1. The molecule has 0 radical (unpaired) electrons. The van der Waals surface area contributed by atoms with E-state index in [1.54, 1.807) is 6.07 Å². The number of hydrogen-bond acceptors (Lipinski definition) is 5. The second-order valence-electron chi connectivity index (χ2n) is 4.71. The molecule has 0 saturated carbocycles. The predicted octanol–water partition coefficient (Wildman–Crippen LogP) is 2.19. The number of carboxylic acids is 1. The molecule has 1 unspecified atom stereocenters. The van der Waals surface area contributed by atoms with Crippen LogP contribution in [-0.4, -0.2) is 34.5 Å². The maximum atomic E-state index is 11.8. The molecule has 1 aromatic carbocycles. The standard InChI is InChI=1S/C14H19N3O5.ClH/c1-2-5-11(14(19)20)15-9-8-13(18)16-10-6-3-4-7-12(10)17(21)22;/h3-4,6-7,11,15H,2,5,8-9H2,1H3,(H,16,18)(H,19,20);1H. The van der Waals surface area contributed by atoms with E-state index < -0.39 is 22.8 Å². The summed E-state index contributed by atoms with van der Waals surface area (Å²) in [6, 6.07) is 5.15. The monoisotopic (exact) mass is 345 g/mol. The third kappa shape index (κ3) is 7.07. The van der Waals surface area contributed by atoms with Crippen molar-refractivity contribution in [2.75, 3.05) is 11.9 Å². The number of hydrogen-bond donors (Lipinski definition) is 3. The van der Waals surface area contributed by atoms with Crippen molar-refractivity contribution in [1.82, 2.24) is 5.32 Å². The largest absolute Gasteiger partial charge is 0.480 e. The van der Waals surface area contributed by atoms with E-state index in [-0.39, 0.29) is 36.7 Å². The van der Waals surface area contributed by atoms with Gasteiger partial charge in [0.2, 0.25) is 5.91 Å². The summed E-state index contributed by atoms with van der Waals surface area (Å²) in [4.78, 5) is 33.0. The molecule has 8 nitrogen and oxygen atoms in total. The molecule has 1 rings (SSSR count). The van der Waals surface area contributed by atoms with E-state index in [1.165, 1.54) is 18.2 Å². The molecule has 9 heteroatoms. The molecule has 0 saturated heterocycles. The molecular weight excluding hydrogens is 326 g/mol. The lowest BCUT2D eigenvalue weighted by molar-refractivity contribution is -0.383. The lowest BCUT2D eigenvalue weighted by atomic mass is 10.1. The van der Waals surface area contributed by atoms with Crippen LogP contribution in [0.3, 0.4) is 0 Å². The SMILES string of the molecule is CCCC(NCCC(=O)Nc1ccccc1[N+](=O)[O-])C(=O)O.Cl. The Bertz CT molecular complexity index is 553. The fourth-order valence-electron chi connectivity index (χ4n) is 1.91. The van der Waals surface area contributed by atoms with E-state index >= 15 is 0 Å². The number of para-hydroxylation sites is 2. The van der Waals surface area contributed by atoms with Crippen molar-refractivity contribution in [3.05, 3.63) is 34.4 Å². The Morgan fingerprint density at radius 3 is 2.57 bits per heavy atom. The number of rotatable bonds is 9. The summed E-state index contributed by atoms with van der Waals surface area (Å²) in [5.41, 5.74) is -0.0564. The van der Waals surface area contributed by atoms with Crippen LogP contribution in [0.25, 0.3) is 0 Å². The van der Waals surface area contributed by atoms with Crippen molar-refractivity contribution in [3.8, 4) is 0 Å². The van der Waals surface area contributed by atoms with Gasteiger partial charge in [0, 0.05) is 19.0 Å². The van der Waals surface area contributed by atoms with E-state index in [4.69, 9.17) is 5.11 Å². The highest BCUT2D eigenvalue weighted by Gasteiger charge is 2.17. The number of aliphatic carboxylic acids is 1. The van der Waals surface area contributed by atoms with Gasteiger partial charge >= 0.3 is 5.97 Å². The van der Waals surface area contributed by atoms with Crippen LogP contribution >= 0.6 is 12.4 Å². The van der Waals surface area contributed by atoms with Crippen LogP contribution in [0.1, 0.15) is 26.2 Å². The first-order valence-electron chi connectivity index (χ1n) is 6.95. The minimum absolute atomic E-state index is 0. The highest BCUT2D eigenvalue weighted by molar-refractivity contribution is 5.93. The van der Waals surface area contributed by atoms with Crippen LogP contribution in [0.4, 0.5) is 11.4 Å². The maximum absolute atomic E-state index is 11.8. The van der Waals surface area contributed by atoms with Crippen LogP contribution in [0, 0.1) is 10.1 Å². The van der Waals surface area contributed by atoms with Gasteiger partial charge in [0.15, 0.2) is 0 Å². The second kappa shape index (κ2) is 10.5. The fourth-order valence-corrected chi connectivity index (χ4v) is 1.91. The molecule has 0 aliphatic heterocycles. The summed E-state index contributed by atoms with van der Waals surface area (Å²) in [5.74, 6) is -1.37. The van der Waals surface area contributed by atoms with E-state index in [9.17, 15) is 19.7 Å². The Labute approximate surface area is 139 Å². The number of halogens is 1. The van der Waals surface area contributed by atoms with Gasteiger partial charge in [0.05, 0.1) is 4.92 Å². The molecule has 0 aliphatic rings. The van der Waals surface area contributed by atoms with Gasteiger partial charge in [-0.1, -0.05) is 25.5 Å². The molecule has 128 valence electrons. The van der Waals surface area contributed by atoms with Crippen molar-refractivity contribution >= 4 is 35.7 Å². The molecule has 0 aromatic heterocycles. The number of amides is 1. The molecule has 0 fully saturated rings. The number of anilines is 1. The summed E-state index contributed by atoms with van der Waals surface area (Å²) in [6.45, 7) is 2.06. The third-order valence-corrected chi connectivity index (χ3v) is 2.99. The Morgan fingerprint density at radius 2 is 2.00 bits per heavy atom. The Morgan fingerprint density at radius 1 is 1.35 bits per heavy atom. The number of carboxylic acid groups (broad SMARTS) is 1. The first-order chi connectivity index (χ1) is 10.5. The molecule has 0 heterocycles. The molecule has 1 amide bonds. The summed E-state index contributed by atoms with van der Waals surface area (Å²) in [7, 11) is 0. The number of carbonyl (C=O) groups excluding carboxylic acids is 1. The lowest BCUT2D eigenvalue weighted by Gasteiger charge is -2.13. The first-order valence-corrected chi connectivity index (χ1v) is 6.95. The van der Waals surface area contributed by atoms with Crippen molar-refractivity contribution in [1.29, 1.82) is 0 Å². The molecule has 23 heavy (non-hydrogen) atoms. The number of carbonyl (C=O) groups is 2. The van der Waals surface area contributed by atoms with Crippen molar-refractivity contribution in [3.63, 3.8) is 0 Å². The molecule has 3 N–H and O–H groups in total. The summed E-state index contributed by atoms with van der Waals surface area (Å²) >= 11 is 0. The number of nitro benzene ring substituents is 1. The second-order valence-corrected chi connectivity index (χ2v) is 4.71. The zero-order valence-electron chi connectivity index (χ0n) is 12.7. The van der Waals surface area contributed by atoms with Gasteiger partial charge in [-0.2, -0.15) is 0 Å². The number of nitrogens with zero attached hydrogens (tertiary/aromatic N) is 1. The number of nitrogens with one attached hydrogen (secondary N) is 2. The Kier molecular flexibility index (Phi) is 9.52. The Balaban J connectivity index is 0.00000484. The van der Waals surface area contributed by atoms with Crippen LogP contribution in [-0.2, 0) is 9.59 Å². The highest BCUT2D eigenvalue weighted by Crippen LogP contribution is 2.23. The molecular formula is C14H20ClN3O5. The van der Waals surface area contributed by atoms with E-state index in [1.807, 2.05) is 6.92 Å². The predicted molar refractivity (Wildman–Crippen MR) is 87.9 cm³/mol. The van der Waals surface area contributed by atoms with Crippen LogP contribution < -0.4 is 10.6 Å². The van der Waals surface area contributed by atoms with Gasteiger partial charge in [-0.15, -0.1) is 12.4 Å². The average molecular weight is 346 g/mol. The summed E-state index contributed by atoms with van der Waals surface area (Å²) in [5, 5.41) is 25.0. The van der Waals surface area contributed by atoms with Crippen molar-refractivity contribution < 1.29 is 19.6 Å². The van der Waals surface area contributed by atoms with Gasteiger partial charge < -0.3 is 15.7 Å². The van der Waals surface area contributed by atoms with Crippen LogP contribution in [0.2, 0.25) is 0 Å². The van der Waals surface area contributed by atoms with Gasteiger partial charge in [-0.25, -0.2) is 0 Å². The third-order valence-electron chi connectivity index (χ3n) is 2.99. The van der Waals surface area contributed by atoms with Gasteiger partial charge in [0.1, 0.15) is 11.7 Å². The van der Waals surface area contributed by atoms with Crippen LogP contribution in [0.15, 0.2) is 24.3 Å². The minimum Gasteiger partial charge on any atom is -0.480 e. The van der Waals surface area contributed by atoms with Gasteiger partial charge in [-0.3, -0.25) is 19.7 Å². The van der Waals surface area contributed by atoms with Gasteiger partial charge in [-0.05, 0) is 12.5 Å². The topological polar surface area (TPSA) is 122 Å². The first kappa shape index (κ1) is 20.8. The molecule has 0 aliphatic carbocycles. The summed E-state index contributed by atoms with van der Waals surface area (Å²) in [6.07, 6.45) is 1.22. The average Bonchev–Trinajstić information content (AvgIpc) is 2.46. The summed E-state index contributed by atoms with van der Waals surface area (Å²) < 4.78 is 0. The van der Waals surface area contributed by atoms with Crippen molar-refractivity contribution in [2.24, 2.45) is 0 Å². The molecule has 1 aromatic rings. The molecule has 1 atom stereocenters. The zero-order chi connectivity index (χ0) is 16.5. The maximum Gasteiger partial charge on any atom is 0.320 e. The van der Waals surface area contributed by atoms with E-state index in [0.717, 1.165) is 0 Å². The zero-order valence-corrected chi connectivity index (χ0v) is 13.5. The Hall–Kier alpha value is -2.19. The molecule has 0 bridgehead atoms. The van der Waals surface area contributed by atoms with Gasteiger partial charge in [0.25, 0.3) is 5.69 Å².